The first-order valence-corrected chi connectivity index (χ1v) is 9.97. The molecule has 0 radical (unpaired) electrons. The molecule has 9 nitrogen and oxygen atoms in total. The summed E-state index contributed by atoms with van der Waals surface area (Å²) in [6.07, 6.45) is 2.85. The Morgan fingerprint density at radius 3 is 2.83 bits per heavy atom. The number of rotatable bonds is 4. The Bertz CT molecular complexity index is 1200. The molecule has 0 bridgehead atoms. The molecule has 0 aliphatic heterocycles. The second-order valence-electron chi connectivity index (χ2n) is 7.60. The molecule has 3 aromatic heterocycles. The average Bonchev–Trinajstić information content (AvgIpc) is 3.25. The Kier molecular flexibility index (Phi) is 5.25. The number of benzene rings is 1. The molecule has 4 rings (SSSR count). The van der Waals surface area contributed by atoms with Crippen LogP contribution < -0.4 is 5.32 Å². The van der Waals surface area contributed by atoms with Crippen molar-refractivity contribution in [1.29, 1.82) is 0 Å². The van der Waals surface area contributed by atoms with Crippen LogP contribution in [-0.4, -0.2) is 36.5 Å². The van der Waals surface area contributed by atoms with Crippen molar-refractivity contribution >= 4 is 38.9 Å². The molecule has 154 valence electrons. The van der Waals surface area contributed by atoms with Crippen LogP contribution >= 0.6 is 15.9 Å². The molecule has 1 aromatic carbocycles. The number of nitrogens with one attached hydrogen (secondary N) is 1. The van der Waals surface area contributed by atoms with Gasteiger partial charge in [0, 0.05) is 16.9 Å². The first kappa shape index (κ1) is 20.0. The molecule has 3 heterocycles. The Morgan fingerprint density at radius 1 is 1.27 bits per heavy atom. The third kappa shape index (κ3) is 4.33. The predicted molar refractivity (Wildman–Crippen MR) is 114 cm³/mol. The molecule has 1 N–H and O–H groups in total. The molecule has 0 atom stereocenters. The summed E-state index contributed by atoms with van der Waals surface area (Å²) in [4.78, 5) is 21.1. The van der Waals surface area contributed by atoms with E-state index in [0.29, 0.717) is 18.1 Å². The maximum absolute atomic E-state index is 12.2. The minimum Gasteiger partial charge on any atom is -0.444 e. The van der Waals surface area contributed by atoms with Crippen LogP contribution in [0.15, 0.2) is 51.8 Å². The normalized spacial score (nSPS) is 11.6. The minimum absolute atomic E-state index is 0.131. The molecular formula is C20H19BrN6O3. The Morgan fingerprint density at radius 2 is 2.10 bits per heavy atom. The lowest BCUT2D eigenvalue weighted by atomic mass is 10.2. The van der Waals surface area contributed by atoms with Crippen LogP contribution in [0, 0.1) is 0 Å². The van der Waals surface area contributed by atoms with Crippen LogP contribution in [0.4, 0.5) is 10.6 Å². The lowest BCUT2D eigenvalue weighted by Crippen LogP contribution is -2.27. The van der Waals surface area contributed by atoms with E-state index in [1.54, 1.807) is 33.2 Å². The highest BCUT2D eigenvalue weighted by Gasteiger charge is 2.24. The van der Waals surface area contributed by atoms with Crippen LogP contribution in [0.5, 0.6) is 0 Å². The van der Waals surface area contributed by atoms with E-state index in [1.807, 2.05) is 34.9 Å². The van der Waals surface area contributed by atoms with Gasteiger partial charge < -0.3 is 9.30 Å². The molecule has 4 aromatic rings. The first-order valence-electron chi connectivity index (χ1n) is 9.18. The number of pyridine rings is 1. The molecule has 0 aliphatic rings. The van der Waals surface area contributed by atoms with Gasteiger partial charge in [-0.15, -0.1) is 0 Å². The summed E-state index contributed by atoms with van der Waals surface area (Å²) in [6.45, 7) is 5.83. The number of amides is 1. The summed E-state index contributed by atoms with van der Waals surface area (Å²) in [5.74, 6) is 0.630. The number of hydrogen-bond donors (Lipinski definition) is 1. The van der Waals surface area contributed by atoms with Crippen LogP contribution in [0.25, 0.3) is 22.6 Å². The number of anilines is 1. The zero-order chi connectivity index (χ0) is 21.3. The van der Waals surface area contributed by atoms with Gasteiger partial charge in [0.1, 0.15) is 5.60 Å². The summed E-state index contributed by atoms with van der Waals surface area (Å²) in [5, 5.41) is 10.4. The Balaban J connectivity index is 1.77. The van der Waals surface area contributed by atoms with Gasteiger partial charge in [-0.05, 0) is 60.9 Å². The summed E-state index contributed by atoms with van der Waals surface area (Å²) in [6, 6.07) is 9.66. The lowest BCUT2D eigenvalue weighted by Gasteiger charge is -2.19. The molecule has 30 heavy (non-hydrogen) atoms. The van der Waals surface area contributed by atoms with Gasteiger partial charge in [-0.2, -0.15) is 0 Å². The highest BCUT2D eigenvalue weighted by Crippen LogP contribution is 2.30. The molecule has 10 heteroatoms. The fourth-order valence-corrected chi connectivity index (χ4v) is 3.28. The second-order valence-corrected chi connectivity index (χ2v) is 8.52. The number of hydrogen-bond acceptors (Lipinski definition) is 7. The van der Waals surface area contributed by atoms with Crippen molar-refractivity contribution in [3.05, 3.63) is 52.8 Å². The van der Waals surface area contributed by atoms with E-state index >= 15 is 0 Å². The number of nitrogens with zero attached hydrogens (tertiary/aromatic N) is 5. The molecule has 0 saturated carbocycles. The number of ether oxygens (including phenoxy) is 1. The number of carbonyl (C=O) groups is 1. The quantitative estimate of drug-likeness (QED) is 0.462. The zero-order valence-electron chi connectivity index (χ0n) is 16.6. The smallest absolute Gasteiger partial charge is 0.413 e. The monoisotopic (exact) mass is 470 g/mol. The van der Waals surface area contributed by atoms with E-state index in [4.69, 9.17) is 14.3 Å². The average molecular weight is 471 g/mol. The highest BCUT2D eigenvalue weighted by molar-refractivity contribution is 9.10. The van der Waals surface area contributed by atoms with Gasteiger partial charge >= 0.3 is 6.09 Å². The molecular weight excluding hydrogens is 452 g/mol. The summed E-state index contributed by atoms with van der Waals surface area (Å²) < 4.78 is 13.1. The predicted octanol–water partition coefficient (Wildman–Crippen LogP) is 4.64. The van der Waals surface area contributed by atoms with Crippen molar-refractivity contribution in [3.63, 3.8) is 0 Å². The van der Waals surface area contributed by atoms with E-state index < -0.39 is 11.7 Å². The summed E-state index contributed by atoms with van der Waals surface area (Å²) in [7, 11) is 0. The fraction of sp³-hybridized carbons (Fsp3) is 0.250. The van der Waals surface area contributed by atoms with Crippen molar-refractivity contribution in [2.75, 3.05) is 5.32 Å². The van der Waals surface area contributed by atoms with Gasteiger partial charge in [-0.3, -0.25) is 10.3 Å². The van der Waals surface area contributed by atoms with Crippen molar-refractivity contribution in [2.24, 2.45) is 0 Å². The summed E-state index contributed by atoms with van der Waals surface area (Å²) in [5.41, 5.74) is 2.29. The second kappa shape index (κ2) is 7.86. The third-order valence-electron chi connectivity index (χ3n) is 4.09. The van der Waals surface area contributed by atoms with Crippen LogP contribution in [0.3, 0.4) is 0 Å². The molecule has 0 saturated heterocycles. The molecule has 1 amide bonds. The maximum Gasteiger partial charge on any atom is 0.413 e. The molecule has 0 spiro atoms. The highest BCUT2D eigenvalue weighted by atomic mass is 79.9. The number of fused-ring (bicyclic) bond motifs is 1. The number of aromatic nitrogens is 5. The van der Waals surface area contributed by atoms with E-state index in [-0.39, 0.29) is 5.82 Å². The van der Waals surface area contributed by atoms with Gasteiger partial charge in [-0.1, -0.05) is 22.0 Å². The first-order chi connectivity index (χ1) is 14.3. The zero-order valence-corrected chi connectivity index (χ0v) is 18.2. The molecule has 0 aliphatic carbocycles. The van der Waals surface area contributed by atoms with E-state index in [1.165, 1.54) is 0 Å². The van der Waals surface area contributed by atoms with Crippen molar-refractivity contribution in [1.82, 2.24) is 24.8 Å². The lowest BCUT2D eigenvalue weighted by molar-refractivity contribution is 0.0634. The SMILES string of the molecule is CC(C)(C)OC(=O)Nc1nonc1-c1nc2cc(Br)ccc2n1Cc1cccnc1. The maximum atomic E-state index is 12.2. The minimum atomic E-state index is -0.655. The Labute approximate surface area is 180 Å². The van der Waals surface area contributed by atoms with Crippen LogP contribution in [-0.2, 0) is 11.3 Å². The van der Waals surface area contributed by atoms with Gasteiger partial charge in [0.2, 0.25) is 5.82 Å². The largest absolute Gasteiger partial charge is 0.444 e. The van der Waals surface area contributed by atoms with Gasteiger partial charge in [-0.25, -0.2) is 14.4 Å². The van der Waals surface area contributed by atoms with Crippen LogP contribution in [0.1, 0.15) is 26.3 Å². The number of imidazole rings is 1. The van der Waals surface area contributed by atoms with E-state index in [2.05, 4.69) is 36.5 Å². The third-order valence-corrected chi connectivity index (χ3v) is 4.59. The van der Waals surface area contributed by atoms with E-state index in [9.17, 15) is 4.79 Å². The molecule has 0 unspecified atom stereocenters. The van der Waals surface area contributed by atoms with Crippen molar-refractivity contribution < 1.29 is 14.2 Å². The van der Waals surface area contributed by atoms with E-state index in [0.717, 1.165) is 21.1 Å². The number of carbonyl (C=O) groups excluding carboxylic acids is 1. The van der Waals surface area contributed by atoms with Gasteiger partial charge in [0.15, 0.2) is 11.5 Å². The fourth-order valence-electron chi connectivity index (χ4n) is 2.94. The van der Waals surface area contributed by atoms with Crippen molar-refractivity contribution in [2.45, 2.75) is 32.9 Å². The molecule has 0 fully saturated rings. The van der Waals surface area contributed by atoms with Crippen LogP contribution in [0.2, 0.25) is 0 Å². The van der Waals surface area contributed by atoms with Gasteiger partial charge in [0.05, 0.1) is 17.6 Å². The summed E-state index contributed by atoms with van der Waals surface area (Å²) >= 11 is 3.48. The van der Waals surface area contributed by atoms with Gasteiger partial charge in [0.25, 0.3) is 0 Å². The number of halogens is 1. The Hall–Kier alpha value is -3.27. The standard InChI is InChI=1S/C20H19BrN6O3/c1-20(2,3)29-19(28)24-17-16(25-30-26-17)18-23-14-9-13(21)6-7-15(14)27(18)11-12-5-4-8-22-10-12/h4-10H,11H2,1-3H3,(H,24,26,28). The van der Waals surface area contributed by atoms with Crippen molar-refractivity contribution in [3.8, 4) is 11.5 Å². The topological polar surface area (TPSA) is 108 Å².